The number of rotatable bonds is 8. The van der Waals surface area contributed by atoms with Gasteiger partial charge in [-0.15, -0.1) is 0 Å². The molecule has 2 saturated carbocycles. The third-order valence-electron chi connectivity index (χ3n) is 12.9. The SMILES string of the molecule is CC(=O)[C@@H]1[C@H]2CC(C)(C)OC2CN1C(=O)[C@@H](NC(=O)OC(C)(C)C)C1CCCCC1.CC(C)(C)OC(=O)N[C@H](C(=O)N1CC2OC(C)(C)C[C@@H]2[C@H]1C(=O)O)C1CCCCC1. The Hall–Kier alpha value is -3.46. The molecule has 60 heavy (non-hydrogen) atoms. The number of carboxylic acid groups (broad SMARTS) is 1. The van der Waals surface area contributed by atoms with Gasteiger partial charge in [0.25, 0.3) is 0 Å². The lowest BCUT2D eigenvalue weighted by Gasteiger charge is -2.36. The minimum atomic E-state index is -1.02. The van der Waals surface area contributed by atoms with Crippen LogP contribution < -0.4 is 10.6 Å². The second-order valence-corrected chi connectivity index (χ2v) is 21.4. The van der Waals surface area contributed by atoms with Gasteiger partial charge in [0, 0.05) is 24.9 Å². The fraction of sp³-hybridized carbons (Fsp3) is 0.867. The van der Waals surface area contributed by atoms with Crippen molar-refractivity contribution in [2.24, 2.45) is 23.7 Å². The fourth-order valence-electron chi connectivity index (χ4n) is 10.8. The number of fused-ring (bicyclic) bond motifs is 2. The maximum Gasteiger partial charge on any atom is 0.408 e. The molecule has 6 aliphatic rings. The van der Waals surface area contributed by atoms with Crippen molar-refractivity contribution < 1.29 is 52.8 Å². The van der Waals surface area contributed by atoms with Gasteiger partial charge in [-0.25, -0.2) is 14.4 Å². The van der Waals surface area contributed by atoms with Crippen LogP contribution in [0.3, 0.4) is 0 Å². The molecular formula is C45H74N4O11. The molecule has 2 unspecified atom stereocenters. The fourth-order valence-corrected chi connectivity index (χ4v) is 10.8. The number of nitrogens with one attached hydrogen (secondary N) is 2. The van der Waals surface area contributed by atoms with Crippen molar-refractivity contribution in [1.82, 2.24) is 20.4 Å². The van der Waals surface area contributed by atoms with Crippen LogP contribution in [0.15, 0.2) is 0 Å². The summed E-state index contributed by atoms with van der Waals surface area (Å²) in [5.41, 5.74) is -2.00. The summed E-state index contributed by atoms with van der Waals surface area (Å²) in [4.78, 5) is 80.1. The number of ether oxygens (including phenoxy) is 4. The summed E-state index contributed by atoms with van der Waals surface area (Å²) in [5, 5.41) is 15.5. The van der Waals surface area contributed by atoms with Gasteiger partial charge in [0.05, 0.1) is 29.5 Å². The van der Waals surface area contributed by atoms with Crippen LogP contribution in [0, 0.1) is 23.7 Å². The van der Waals surface area contributed by atoms with Crippen LogP contribution in [0.5, 0.6) is 0 Å². The van der Waals surface area contributed by atoms with E-state index in [0.29, 0.717) is 13.0 Å². The van der Waals surface area contributed by atoms with Crippen LogP contribution in [-0.2, 0) is 38.1 Å². The summed E-state index contributed by atoms with van der Waals surface area (Å²) in [6.07, 6.45) is 9.46. The first-order valence-electron chi connectivity index (χ1n) is 22.4. The third kappa shape index (κ3) is 11.9. The van der Waals surface area contributed by atoms with Gasteiger partial charge in [-0.1, -0.05) is 38.5 Å². The maximum absolute atomic E-state index is 13.7. The van der Waals surface area contributed by atoms with E-state index in [9.17, 15) is 33.9 Å². The number of ketones is 1. The van der Waals surface area contributed by atoms with Crippen LogP contribution in [0.1, 0.15) is 153 Å². The predicted molar refractivity (Wildman–Crippen MR) is 223 cm³/mol. The highest BCUT2D eigenvalue weighted by Crippen LogP contribution is 2.45. The standard InChI is InChI=1S/C23H38N2O5.C22H36N2O6/c1-14(26)19-16-12-23(5,6)29-17(16)13-25(19)20(27)18(15-10-8-7-9-11-15)24-21(28)30-22(2,3)4;1-21(2,3)30-20(28)23-16(13-9-7-6-8-10-13)18(25)24-12-15-14(17(24)19(26)27)11-22(4,5)29-15/h15-19H,7-13H2,1-6H3,(H,24,28);13-17H,6-12H2,1-5H3,(H,23,28)(H,26,27)/t16-,17?,18-,19+;14-,15?,16-,17-/m00/s1. The highest BCUT2D eigenvalue weighted by Gasteiger charge is 2.57. The minimum Gasteiger partial charge on any atom is -0.480 e. The number of amides is 4. The van der Waals surface area contributed by atoms with Gasteiger partial charge in [-0.3, -0.25) is 14.4 Å². The van der Waals surface area contributed by atoms with E-state index in [1.54, 1.807) is 53.4 Å². The number of Topliss-reactive ketones (excluding diaryl/α,β-unsaturated/α-hetero) is 1. The normalized spacial score (nSPS) is 29.9. The molecule has 0 bridgehead atoms. The molecule has 4 aliphatic heterocycles. The van der Waals surface area contributed by atoms with Gasteiger partial charge in [-0.05, 0) is 127 Å². The second kappa shape index (κ2) is 18.5. The molecule has 0 aromatic carbocycles. The Morgan fingerprint density at radius 1 is 0.617 bits per heavy atom. The Morgan fingerprint density at radius 3 is 1.30 bits per heavy atom. The molecule has 3 N–H and O–H groups in total. The number of carbonyl (C=O) groups excluding carboxylic acids is 5. The highest BCUT2D eigenvalue weighted by molar-refractivity contribution is 5.93. The van der Waals surface area contributed by atoms with E-state index in [-0.39, 0.29) is 65.6 Å². The summed E-state index contributed by atoms with van der Waals surface area (Å²) in [6.45, 7) is 20.9. The van der Waals surface area contributed by atoms with E-state index in [1.807, 2.05) is 27.7 Å². The van der Waals surface area contributed by atoms with Crippen molar-refractivity contribution in [3.8, 4) is 0 Å². The predicted octanol–water partition coefficient (Wildman–Crippen LogP) is 6.38. The summed E-state index contributed by atoms with van der Waals surface area (Å²) in [7, 11) is 0. The lowest BCUT2D eigenvalue weighted by molar-refractivity contribution is -0.151. The number of carboxylic acids is 1. The molecule has 6 fully saturated rings. The number of nitrogens with zero attached hydrogens (tertiary/aromatic N) is 2. The largest absolute Gasteiger partial charge is 0.480 e. The number of likely N-dealkylation sites (tertiary alicyclic amines) is 2. The smallest absolute Gasteiger partial charge is 0.408 e. The number of hydrogen-bond donors (Lipinski definition) is 3. The topological polar surface area (TPSA) is 190 Å². The van der Waals surface area contributed by atoms with Crippen molar-refractivity contribution in [3.63, 3.8) is 0 Å². The zero-order valence-corrected chi connectivity index (χ0v) is 38.1. The molecule has 0 spiro atoms. The number of carbonyl (C=O) groups is 6. The lowest BCUT2D eigenvalue weighted by atomic mass is 9.83. The van der Waals surface area contributed by atoms with Crippen molar-refractivity contribution in [1.29, 1.82) is 0 Å². The summed E-state index contributed by atoms with van der Waals surface area (Å²) < 4.78 is 23.0. The Labute approximate surface area is 357 Å². The molecule has 4 heterocycles. The monoisotopic (exact) mass is 847 g/mol. The van der Waals surface area contributed by atoms with Gasteiger partial charge < -0.3 is 44.5 Å². The van der Waals surface area contributed by atoms with E-state index >= 15 is 0 Å². The van der Waals surface area contributed by atoms with Gasteiger partial charge in [-0.2, -0.15) is 0 Å². The second-order valence-electron chi connectivity index (χ2n) is 21.4. The molecule has 340 valence electrons. The van der Waals surface area contributed by atoms with Crippen molar-refractivity contribution in [3.05, 3.63) is 0 Å². The molecular weight excluding hydrogens is 773 g/mol. The molecule has 4 saturated heterocycles. The van der Waals surface area contributed by atoms with Crippen molar-refractivity contribution in [2.45, 2.75) is 212 Å². The van der Waals surface area contributed by atoms with Crippen molar-refractivity contribution >= 4 is 35.8 Å². The van der Waals surface area contributed by atoms with Gasteiger partial charge in [0.15, 0.2) is 5.78 Å². The van der Waals surface area contributed by atoms with E-state index in [4.69, 9.17) is 18.9 Å². The molecule has 0 aromatic heterocycles. The molecule has 15 nitrogen and oxygen atoms in total. The third-order valence-corrected chi connectivity index (χ3v) is 12.9. The number of hydrogen-bond acceptors (Lipinski definition) is 10. The maximum atomic E-state index is 13.7. The summed E-state index contributed by atoms with van der Waals surface area (Å²) in [6, 6.07) is -2.88. The minimum absolute atomic E-state index is 0.00924. The Balaban J connectivity index is 0.000000228. The van der Waals surface area contributed by atoms with E-state index in [1.165, 1.54) is 4.90 Å². The van der Waals surface area contributed by atoms with Crippen molar-refractivity contribution in [2.75, 3.05) is 13.1 Å². The van der Waals surface area contributed by atoms with Crippen LogP contribution in [0.25, 0.3) is 0 Å². The van der Waals surface area contributed by atoms with E-state index < -0.39 is 59.1 Å². The van der Waals surface area contributed by atoms with Gasteiger partial charge >= 0.3 is 18.2 Å². The summed E-state index contributed by atoms with van der Waals surface area (Å²) in [5.74, 6) is -1.74. The first kappa shape index (κ1) is 47.6. The highest BCUT2D eigenvalue weighted by atomic mass is 16.6. The molecule has 2 aliphatic carbocycles. The Kier molecular flexibility index (Phi) is 14.7. The molecule has 6 rings (SSSR count). The molecule has 15 heteroatoms. The van der Waals surface area contributed by atoms with Gasteiger partial charge in [0.2, 0.25) is 11.8 Å². The van der Waals surface area contributed by atoms with E-state index in [0.717, 1.165) is 70.6 Å². The van der Waals surface area contributed by atoms with Gasteiger partial charge in [0.1, 0.15) is 29.3 Å². The molecule has 8 atom stereocenters. The number of aliphatic carboxylic acids is 1. The lowest BCUT2D eigenvalue weighted by Crippen LogP contribution is -2.56. The van der Waals surface area contributed by atoms with E-state index in [2.05, 4.69) is 10.6 Å². The molecule has 0 radical (unpaired) electrons. The van der Waals surface area contributed by atoms with Crippen LogP contribution >= 0.6 is 0 Å². The molecule has 0 aromatic rings. The first-order valence-corrected chi connectivity index (χ1v) is 22.4. The zero-order valence-electron chi connectivity index (χ0n) is 38.1. The summed E-state index contributed by atoms with van der Waals surface area (Å²) >= 11 is 0. The zero-order chi connectivity index (χ0) is 44.5. The number of alkyl carbamates (subject to hydrolysis) is 2. The average Bonchev–Trinajstić information content (AvgIpc) is 3.82. The Bertz CT molecular complexity index is 1470. The van der Waals surface area contributed by atoms with Crippen LogP contribution in [0.2, 0.25) is 0 Å². The molecule has 4 amide bonds. The van der Waals surface area contributed by atoms with Crippen LogP contribution in [0.4, 0.5) is 9.59 Å². The van der Waals surface area contributed by atoms with Crippen LogP contribution in [-0.4, -0.2) is 123 Å². The quantitative estimate of drug-likeness (QED) is 0.246. The Morgan fingerprint density at radius 2 is 0.967 bits per heavy atom. The average molecular weight is 847 g/mol. The first-order chi connectivity index (χ1) is 27.8.